The first kappa shape index (κ1) is 9.71. The molecule has 1 N–H and O–H groups in total. The van der Waals surface area contributed by atoms with Gasteiger partial charge in [-0.3, -0.25) is 0 Å². The molecule has 2 rings (SSSR count). The van der Waals surface area contributed by atoms with Gasteiger partial charge in [-0.15, -0.1) is 0 Å². The van der Waals surface area contributed by atoms with Crippen LogP contribution in [-0.2, 0) is 4.74 Å². The van der Waals surface area contributed by atoms with Gasteiger partial charge in [0.1, 0.15) is 12.2 Å². The molecule has 1 fully saturated rings. The molecule has 4 heteroatoms. The summed E-state index contributed by atoms with van der Waals surface area (Å²) < 4.78 is 10.4. The molecule has 1 aliphatic rings. The van der Waals surface area contributed by atoms with Gasteiger partial charge in [-0.1, -0.05) is 0 Å². The van der Waals surface area contributed by atoms with Crippen molar-refractivity contribution in [2.45, 2.75) is 12.2 Å². The summed E-state index contributed by atoms with van der Waals surface area (Å²) in [7, 11) is 2.03. The zero-order valence-corrected chi connectivity index (χ0v) is 8.22. The Balaban J connectivity index is 2.00. The van der Waals surface area contributed by atoms with Crippen molar-refractivity contribution in [1.82, 2.24) is 4.90 Å². The van der Waals surface area contributed by atoms with Crippen LogP contribution in [0, 0.1) is 0 Å². The molecule has 0 bridgehead atoms. The van der Waals surface area contributed by atoms with Crippen LogP contribution < -0.4 is 0 Å². The predicted octanol–water partition coefficient (Wildman–Crippen LogP) is 0.644. The van der Waals surface area contributed by atoms with Gasteiger partial charge in [0.05, 0.1) is 19.1 Å². The highest BCUT2D eigenvalue weighted by Crippen LogP contribution is 2.21. The second-order valence-electron chi connectivity index (χ2n) is 3.67. The normalized spacial score (nSPS) is 26.3. The minimum absolute atomic E-state index is 0.147. The number of ether oxygens (including phenoxy) is 1. The lowest BCUT2D eigenvalue weighted by Crippen LogP contribution is -2.42. The fourth-order valence-corrected chi connectivity index (χ4v) is 1.66. The van der Waals surface area contributed by atoms with Crippen molar-refractivity contribution in [1.29, 1.82) is 0 Å². The van der Waals surface area contributed by atoms with Crippen LogP contribution in [0.15, 0.2) is 23.0 Å². The van der Waals surface area contributed by atoms with Crippen molar-refractivity contribution in [3.63, 3.8) is 0 Å². The molecule has 4 nitrogen and oxygen atoms in total. The number of morpholine rings is 1. The molecule has 1 aliphatic heterocycles. The Hall–Kier alpha value is -0.840. The van der Waals surface area contributed by atoms with Gasteiger partial charge in [0.2, 0.25) is 0 Å². The molecule has 0 aromatic carbocycles. The summed E-state index contributed by atoms with van der Waals surface area (Å²) in [6, 6.07) is 1.77. The van der Waals surface area contributed by atoms with E-state index in [0.717, 1.165) is 18.7 Å². The van der Waals surface area contributed by atoms with E-state index in [0.29, 0.717) is 6.61 Å². The van der Waals surface area contributed by atoms with E-state index in [9.17, 15) is 5.11 Å². The topological polar surface area (TPSA) is 45.8 Å². The molecule has 0 aliphatic carbocycles. The maximum absolute atomic E-state index is 9.94. The maximum atomic E-state index is 9.94. The van der Waals surface area contributed by atoms with Gasteiger partial charge in [0.25, 0.3) is 0 Å². The second-order valence-corrected chi connectivity index (χ2v) is 3.67. The smallest absolute Gasteiger partial charge is 0.109 e. The van der Waals surface area contributed by atoms with E-state index in [1.165, 1.54) is 0 Å². The molecule has 14 heavy (non-hydrogen) atoms. The lowest BCUT2D eigenvalue weighted by molar-refractivity contribution is -0.0846. The summed E-state index contributed by atoms with van der Waals surface area (Å²) in [4.78, 5) is 2.15. The molecule has 2 heterocycles. The number of hydrogen-bond acceptors (Lipinski definition) is 4. The van der Waals surface area contributed by atoms with Gasteiger partial charge in [-0.2, -0.15) is 0 Å². The highest BCUT2D eigenvalue weighted by Gasteiger charge is 2.26. The molecule has 0 amide bonds. The Bertz CT molecular complexity index is 273. The molecule has 0 saturated carbocycles. The number of nitrogens with zero attached hydrogens (tertiary/aromatic N) is 1. The molecule has 2 atom stereocenters. The molecular weight excluding hydrogens is 182 g/mol. The van der Waals surface area contributed by atoms with E-state index in [2.05, 4.69) is 4.90 Å². The van der Waals surface area contributed by atoms with Crippen molar-refractivity contribution >= 4 is 0 Å². The first-order valence-electron chi connectivity index (χ1n) is 4.77. The second kappa shape index (κ2) is 4.13. The van der Waals surface area contributed by atoms with Gasteiger partial charge < -0.3 is 19.2 Å². The van der Waals surface area contributed by atoms with Crippen LogP contribution in [0.2, 0.25) is 0 Å². The fourth-order valence-electron chi connectivity index (χ4n) is 1.66. The first-order chi connectivity index (χ1) is 6.77. The van der Waals surface area contributed by atoms with Gasteiger partial charge in [0, 0.05) is 18.7 Å². The number of aliphatic hydroxyl groups excluding tert-OH is 1. The molecule has 1 aromatic rings. The van der Waals surface area contributed by atoms with Crippen molar-refractivity contribution in [2.24, 2.45) is 0 Å². The Labute approximate surface area is 83.1 Å². The van der Waals surface area contributed by atoms with E-state index in [-0.39, 0.29) is 6.10 Å². The maximum Gasteiger partial charge on any atom is 0.109 e. The Morgan fingerprint density at radius 2 is 2.50 bits per heavy atom. The van der Waals surface area contributed by atoms with Gasteiger partial charge in [0.15, 0.2) is 0 Å². The molecule has 1 saturated heterocycles. The van der Waals surface area contributed by atoms with Crippen molar-refractivity contribution in [2.75, 3.05) is 26.7 Å². The zero-order chi connectivity index (χ0) is 9.97. The SMILES string of the molecule is CN1CCOC(C(O)c2ccoc2)C1. The highest BCUT2D eigenvalue weighted by atomic mass is 16.5. The highest BCUT2D eigenvalue weighted by molar-refractivity contribution is 5.11. The van der Waals surface area contributed by atoms with Crippen LogP contribution in [0.5, 0.6) is 0 Å². The first-order valence-corrected chi connectivity index (χ1v) is 4.77. The van der Waals surface area contributed by atoms with Crippen LogP contribution in [0.1, 0.15) is 11.7 Å². The lowest BCUT2D eigenvalue weighted by atomic mass is 10.1. The molecule has 0 spiro atoms. The fraction of sp³-hybridized carbons (Fsp3) is 0.600. The Morgan fingerprint density at radius 1 is 1.64 bits per heavy atom. The summed E-state index contributed by atoms with van der Waals surface area (Å²) >= 11 is 0. The largest absolute Gasteiger partial charge is 0.472 e. The van der Waals surface area contributed by atoms with Crippen molar-refractivity contribution in [3.8, 4) is 0 Å². The zero-order valence-electron chi connectivity index (χ0n) is 8.22. The van der Waals surface area contributed by atoms with E-state index in [1.54, 1.807) is 18.6 Å². The predicted molar refractivity (Wildman–Crippen MR) is 50.9 cm³/mol. The Morgan fingerprint density at radius 3 is 3.14 bits per heavy atom. The summed E-state index contributed by atoms with van der Waals surface area (Å²) in [5.41, 5.74) is 0.783. The summed E-state index contributed by atoms with van der Waals surface area (Å²) in [5.74, 6) is 0. The summed E-state index contributed by atoms with van der Waals surface area (Å²) in [6.45, 7) is 2.36. The van der Waals surface area contributed by atoms with E-state index >= 15 is 0 Å². The van der Waals surface area contributed by atoms with Gasteiger partial charge >= 0.3 is 0 Å². The monoisotopic (exact) mass is 197 g/mol. The molecule has 78 valence electrons. The number of aliphatic hydroxyl groups is 1. The average molecular weight is 197 g/mol. The Kier molecular flexibility index (Phi) is 2.86. The van der Waals surface area contributed by atoms with Crippen LogP contribution >= 0.6 is 0 Å². The molecule has 0 radical (unpaired) electrons. The van der Waals surface area contributed by atoms with Crippen LogP contribution in [-0.4, -0.2) is 42.9 Å². The third-order valence-electron chi connectivity index (χ3n) is 2.53. The quantitative estimate of drug-likeness (QED) is 0.756. The minimum Gasteiger partial charge on any atom is -0.472 e. The minimum atomic E-state index is -0.587. The summed E-state index contributed by atoms with van der Waals surface area (Å²) in [6.07, 6.45) is 2.39. The standard InChI is InChI=1S/C10H15NO3/c1-11-3-5-14-9(6-11)10(12)8-2-4-13-7-8/h2,4,7,9-10,12H,3,5-6H2,1H3. The molecule has 2 unspecified atom stereocenters. The number of furan rings is 1. The number of likely N-dealkylation sites (N-methyl/N-ethyl adjacent to an activating group) is 1. The molecule has 1 aromatic heterocycles. The van der Waals surface area contributed by atoms with Gasteiger partial charge in [-0.05, 0) is 13.1 Å². The summed E-state index contributed by atoms with van der Waals surface area (Å²) in [5, 5.41) is 9.94. The van der Waals surface area contributed by atoms with Crippen LogP contribution in [0.25, 0.3) is 0 Å². The van der Waals surface area contributed by atoms with E-state index in [4.69, 9.17) is 9.15 Å². The lowest BCUT2D eigenvalue weighted by Gasteiger charge is -2.32. The third kappa shape index (κ3) is 1.97. The number of rotatable bonds is 2. The van der Waals surface area contributed by atoms with Crippen LogP contribution in [0.4, 0.5) is 0 Å². The van der Waals surface area contributed by atoms with E-state index in [1.807, 2.05) is 7.05 Å². The average Bonchev–Trinajstić information content (AvgIpc) is 2.69. The van der Waals surface area contributed by atoms with E-state index < -0.39 is 6.10 Å². The van der Waals surface area contributed by atoms with Gasteiger partial charge in [-0.25, -0.2) is 0 Å². The van der Waals surface area contributed by atoms with Crippen LogP contribution in [0.3, 0.4) is 0 Å². The van der Waals surface area contributed by atoms with Crippen molar-refractivity contribution in [3.05, 3.63) is 24.2 Å². The third-order valence-corrected chi connectivity index (χ3v) is 2.53. The van der Waals surface area contributed by atoms with Crippen molar-refractivity contribution < 1.29 is 14.3 Å². The number of hydrogen-bond donors (Lipinski definition) is 1. The molecular formula is C10H15NO3.